The highest BCUT2D eigenvalue weighted by atomic mass is 16.5. The van der Waals surface area contributed by atoms with Crippen molar-refractivity contribution < 1.29 is 4.74 Å². The molecule has 0 bridgehead atoms. The molecule has 1 aromatic rings. The number of hydrazine groups is 1. The van der Waals surface area contributed by atoms with Gasteiger partial charge in [-0.15, -0.1) is 0 Å². The van der Waals surface area contributed by atoms with Crippen molar-refractivity contribution in [2.24, 2.45) is 0 Å². The van der Waals surface area contributed by atoms with Crippen molar-refractivity contribution in [3.8, 4) is 5.75 Å². The van der Waals surface area contributed by atoms with Crippen molar-refractivity contribution in [1.29, 1.82) is 0 Å². The van der Waals surface area contributed by atoms with Gasteiger partial charge in [-0.25, -0.2) is 10.4 Å². The lowest BCUT2D eigenvalue weighted by atomic mass is 9.94. The lowest BCUT2D eigenvalue weighted by Gasteiger charge is -2.22. The zero-order valence-electron chi connectivity index (χ0n) is 11.2. The van der Waals surface area contributed by atoms with Crippen molar-refractivity contribution in [1.82, 2.24) is 10.4 Å². The van der Waals surface area contributed by atoms with Crippen LogP contribution in [-0.2, 0) is 0 Å². The largest absolute Gasteiger partial charge is 0.494 e. The molecule has 2 rings (SSSR count). The van der Waals surface area contributed by atoms with E-state index in [4.69, 9.17) is 4.74 Å². The van der Waals surface area contributed by atoms with Crippen molar-refractivity contribution in [2.45, 2.75) is 38.8 Å². The number of nitrogens with zero attached hydrogens (tertiary/aromatic N) is 1. The van der Waals surface area contributed by atoms with Gasteiger partial charge in [0, 0.05) is 18.2 Å². The molecule has 0 amide bonds. The van der Waals surface area contributed by atoms with Crippen molar-refractivity contribution >= 4 is 0 Å². The summed E-state index contributed by atoms with van der Waals surface area (Å²) < 4.78 is 5.71. The molecule has 1 aromatic carbocycles. The molecule has 1 saturated heterocycles. The Morgan fingerprint density at radius 1 is 1.41 bits per heavy atom. The Morgan fingerprint density at radius 3 is 2.71 bits per heavy atom. The van der Waals surface area contributed by atoms with Crippen LogP contribution in [-0.4, -0.2) is 24.2 Å². The summed E-state index contributed by atoms with van der Waals surface area (Å²) in [6.07, 6.45) is 1.09. The first kappa shape index (κ1) is 12.4. The topological polar surface area (TPSA) is 24.5 Å². The zero-order valence-corrected chi connectivity index (χ0v) is 11.2. The van der Waals surface area contributed by atoms with Gasteiger partial charge in [-0.2, -0.15) is 0 Å². The van der Waals surface area contributed by atoms with Crippen LogP contribution in [0.1, 0.15) is 38.8 Å². The third-order valence-electron chi connectivity index (χ3n) is 3.23. The summed E-state index contributed by atoms with van der Waals surface area (Å²) >= 11 is 0. The molecular formula is C14H22N2O. The van der Waals surface area contributed by atoms with E-state index in [-0.39, 0.29) is 5.54 Å². The van der Waals surface area contributed by atoms with Crippen molar-refractivity contribution in [3.05, 3.63) is 29.8 Å². The summed E-state index contributed by atoms with van der Waals surface area (Å²) in [5, 5.41) is 2.19. The quantitative estimate of drug-likeness (QED) is 0.870. The normalized spacial score (nSPS) is 23.9. The Balaban J connectivity index is 2.28. The summed E-state index contributed by atoms with van der Waals surface area (Å²) in [4.78, 5) is 0. The highest BCUT2D eigenvalue weighted by Crippen LogP contribution is 2.38. The molecule has 0 radical (unpaired) electrons. The lowest BCUT2D eigenvalue weighted by molar-refractivity contribution is 0.207. The molecule has 0 spiro atoms. The summed E-state index contributed by atoms with van der Waals surface area (Å²) in [6.45, 7) is 7.20. The van der Waals surface area contributed by atoms with Gasteiger partial charge in [0.2, 0.25) is 0 Å². The van der Waals surface area contributed by atoms with Gasteiger partial charge in [0.25, 0.3) is 0 Å². The summed E-state index contributed by atoms with van der Waals surface area (Å²) in [6, 6.07) is 8.71. The summed E-state index contributed by atoms with van der Waals surface area (Å²) in [5.74, 6) is 1.01. The standard InChI is InChI=1S/C14H22N2O/c1-5-17-13-9-7-6-8-11(13)12-10-14(2,3)15-16(12)4/h6-9,12,15H,5,10H2,1-4H3. The lowest BCUT2D eigenvalue weighted by Crippen LogP contribution is -2.39. The fourth-order valence-corrected chi connectivity index (χ4v) is 2.58. The maximum absolute atomic E-state index is 5.71. The first-order valence-corrected chi connectivity index (χ1v) is 6.26. The van der Waals surface area contributed by atoms with Crippen LogP contribution in [0.25, 0.3) is 0 Å². The first-order chi connectivity index (χ1) is 8.03. The predicted octanol–water partition coefficient (Wildman–Crippen LogP) is 2.75. The van der Waals surface area contributed by atoms with Gasteiger partial charge < -0.3 is 4.74 Å². The second-order valence-electron chi connectivity index (χ2n) is 5.30. The number of para-hydroxylation sites is 1. The van der Waals surface area contributed by atoms with Crippen molar-refractivity contribution in [3.63, 3.8) is 0 Å². The predicted molar refractivity (Wildman–Crippen MR) is 69.9 cm³/mol. The van der Waals surface area contributed by atoms with Crippen LogP contribution in [0.5, 0.6) is 5.75 Å². The number of hydrogen-bond donors (Lipinski definition) is 1. The van der Waals surface area contributed by atoms with E-state index < -0.39 is 0 Å². The molecule has 1 N–H and O–H groups in total. The smallest absolute Gasteiger partial charge is 0.124 e. The number of hydrogen-bond acceptors (Lipinski definition) is 3. The van der Waals surface area contributed by atoms with Crippen LogP contribution in [0.3, 0.4) is 0 Å². The monoisotopic (exact) mass is 234 g/mol. The highest BCUT2D eigenvalue weighted by molar-refractivity contribution is 5.36. The molecule has 1 unspecified atom stereocenters. The van der Waals surface area contributed by atoms with E-state index in [0.717, 1.165) is 12.2 Å². The molecule has 1 aliphatic rings. The number of ether oxygens (including phenoxy) is 1. The fraction of sp³-hybridized carbons (Fsp3) is 0.571. The van der Waals surface area contributed by atoms with E-state index in [1.165, 1.54) is 5.56 Å². The molecule has 0 aromatic heterocycles. The van der Waals surface area contributed by atoms with Gasteiger partial charge in [-0.1, -0.05) is 18.2 Å². The van der Waals surface area contributed by atoms with Gasteiger partial charge in [-0.05, 0) is 33.3 Å². The summed E-state index contributed by atoms with van der Waals surface area (Å²) in [7, 11) is 2.10. The van der Waals surface area contributed by atoms with E-state index in [9.17, 15) is 0 Å². The molecule has 3 heteroatoms. The molecule has 94 valence electrons. The van der Waals surface area contributed by atoms with E-state index in [0.29, 0.717) is 12.6 Å². The number of nitrogens with one attached hydrogen (secondary N) is 1. The molecule has 1 atom stereocenters. The molecule has 1 heterocycles. The first-order valence-electron chi connectivity index (χ1n) is 6.26. The van der Waals surface area contributed by atoms with Gasteiger partial charge >= 0.3 is 0 Å². The Kier molecular flexibility index (Phi) is 3.40. The molecule has 3 nitrogen and oxygen atoms in total. The second kappa shape index (κ2) is 4.67. The van der Waals surface area contributed by atoms with Crippen LogP contribution >= 0.6 is 0 Å². The fourth-order valence-electron chi connectivity index (χ4n) is 2.58. The summed E-state index contributed by atoms with van der Waals surface area (Å²) in [5.41, 5.74) is 4.91. The minimum Gasteiger partial charge on any atom is -0.494 e. The van der Waals surface area contributed by atoms with Crippen LogP contribution < -0.4 is 10.2 Å². The Morgan fingerprint density at radius 2 is 2.12 bits per heavy atom. The number of rotatable bonds is 3. The number of benzene rings is 1. The average molecular weight is 234 g/mol. The Labute approximate surface area is 104 Å². The Bertz CT molecular complexity index is 390. The SMILES string of the molecule is CCOc1ccccc1C1CC(C)(C)NN1C. The van der Waals surface area contributed by atoms with Crippen LogP contribution in [0.4, 0.5) is 0 Å². The van der Waals surface area contributed by atoms with Gasteiger partial charge in [-0.3, -0.25) is 0 Å². The van der Waals surface area contributed by atoms with Crippen molar-refractivity contribution in [2.75, 3.05) is 13.7 Å². The third-order valence-corrected chi connectivity index (χ3v) is 3.23. The van der Waals surface area contributed by atoms with E-state index in [1.54, 1.807) is 0 Å². The minimum absolute atomic E-state index is 0.152. The molecule has 17 heavy (non-hydrogen) atoms. The minimum atomic E-state index is 0.152. The molecule has 1 fully saturated rings. The van der Waals surface area contributed by atoms with E-state index in [2.05, 4.69) is 49.5 Å². The molecule has 0 aliphatic carbocycles. The molecular weight excluding hydrogens is 212 g/mol. The maximum Gasteiger partial charge on any atom is 0.124 e. The third kappa shape index (κ3) is 2.61. The van der Waals surface area contributed by atoms with Gasteiger partial charge in [0.15, 0.2) is 0 Å². The maximum atomic E-state index is 5.71. The zero-order chi connectivity index (χ0) is 12.5. The highest BCUT2D eigenvalue weighted by Gasteiger charge is 2.36. The van der Waals surface area contributed by atoms with Crippen LogP contribution in [0, 0.1) is 0 Å². The van der Waals surface area contributed by atoms with E-state index >= 15 is 0 Å². The molecule has 1 aliphatic heterocycles. The van der Waals surface area contributed by atoms with Gasteiger partial charge in [0.05, 0.1) is 12.6 Å². The average Bonchev–Trinajstić information content (AvgIpc) is 2.53. The van der Waals surface area contributed by atoms with E-state index in [1.807, 2.05) is 13.0 Å². The van der Waals surface area contributed by atoms with Crippen LogP contribution in [0.2, 0.25) is 0 Å². The molecule has 0 saturated carbocycles. The Hall–Kier alpha value is -1.06. The van der Waals surface area contributed by atoms with Gasteiger partial charge in [0.1, 0.15) is 5.75 Å². The second-order valence-corrected chi connectivity index (χ2v) is 5.30. The van der Waals surface area contributed by atoms with Crippen LogP contribution in [0.15, 0.2) is 24.3 Å².